The summed E-state index contributed by atoms with van der Waals surface area (Å²) in [5, 5.41) is 0. The van der Waals surface area contributed by atoms with Crippen LogP contribution in [0.1, 0.15) is 46.0 Å². The van der Waals surface area contributed by atoms with Gasteiger partial charge in [-0.3, -0.25) is 0 Å². The molecule has 0 aliphatic carbocycles. The lowest BCUT2D eigenvalue weighted by Gasteiger charge is -2.09. The van der Waals surface area contributed by atoms with Gasteiger partial charge in [0.05, 0.1) is 0 Å². The van der Waals surface area contributed by atoms with Gasteiger partial charge in [-0.25, -0.2) is 0 Å². The topological polar surface area (TPSA) is 0 Å². The Morgan fingerprint density at radius 2 is 1.90 bits per heavy atom. The van der Waals surface area contributed by atoms with E-state index in [1.807, 2.05) is 9.85 Å². The molecule has 1 heteroatoms. The molecule has 0 fully saturated rings. The molecule has 0 saturated carbocycles. The van der Waals surface area contributed by atoms with Gasteiger partial charge in [0.1, 0.15) is 0 Å². The van der Waals surface area contributed by atoms with E-state index >= 15 is 0 Å². The SMILES string of the molecule is CC[C](CC)CCCC=[SiH2]. The summed E-state index contributed by atoms with van der Waals surface area (Å²) in [5.41, 5.74) is 2.28. The summed E-state index contributed by atoms with van der Waals surface area (Å²) >= 11 is 0. The van der Waals surface area contributed by atoms with Crippen LogP contribution in [-0.2, 0) is 0 Å². The zero-order valence-corrected chi connectivity index (χ0v) is 8.73. The molecule has 0 heterocycles. The van der Waals surface area contributed by atoms with E-state index in [1.54, 1.807) is 5.92 Å². The third-order valence-corrected chi connectivity index (χ3v) is 2.35. The minimum atomic E-state index is 1.28. The zero-order chi connectivity index (χ0) is 7.82. The summed E-state index contributed by atoms with van der Waals surface area (Å²) in [5.74, 6) is 1.73. The number of hydrogen-bond acceptors (Lipinski definition) is 0. The molecule has 0 nitrogen and oxygen atoms in total. The van der Waals surface area contributed by atoms with E-state index in [9.17, 15) is 0 Å². The van der Waals surface area contributed by atoms with Crippen molar-refractivity contribution in [3.8, 4) is 0 Å². The van der Waals surface area contributed by atoms with Crippen molar-refractivity contribution in [1.82, 2.24) is 0 Å². The first-order valence-electron chi connectivity index (χ1n) is 4.29. The molecular formula is C9H19Si. The minimum absolute atomic E-state index is 1.28. The van der Waals surface area contributed by atoms with Crippen LogP contribution in [0.3, 0.4) is 0 Å². The standard InChI is InChI=1S/C9H19Si/c1-3-9(4-2)7-5-6-8-10/h8H,3-7,10H2,1-2H3. The summed E-state index contributed by atoms with van der Waals surface area (Å²) in [4.78, 5) is 0. The average molecular weight is 155 g/mol. The molecule has 0 spiro atoms. The van der Waals surface area contributed by atoms with Crippen LogP contribution in [0.5, 0.6) is 0 Å². The molecule has 0 aromatic heterocycles. The van der Waals surface area contributed by atoms with E-state index < -0.39 is 0 Å². The van der Waals surface area contributed by atoms with Crippen LogP contribution in [0.15, 0.2) is 0 Å². The van der Waals surface area contributed by atoms with Gasteiger partial charge in [-0.15, -0.1) is 5.67 Å². The Kier molecular flexibility index (Phi) is 7.26. The molecule has 10 heavy (non-hydrogen) atoms. The van der Waals surface area contributed by atoms with Crippen LogP contribution >= 0.6 is 0 Å². The second-order valence-electron chi connectivity index (χ2n) is 2.64. The van der Waals surface area contributed by atoms with E-state index in [2.05, 4.69) is 19.5 Å². The van der Waals surface area contributed by atoms with Crippen molar-refractivity contribution >= 4 is 15.5 Å². The fourth-order valence-corrected chi connectivity index (χ4v) is 1.39. The number of rotatable bonds is 6. The van der Waals surface area contributed by atoms with Crippen LogP contribution < -0.4 is 0 Å². The fourth-order valence-electron chi connectivity index (χ4n) is 1.10. The molecule has 0 saturated heterocycles. The van der Waals surface area contributed by atoms with Gasteiger partial charge in [-0.2, -0.15) is 0 Å². The molecule has 0 N–H and O–H groups in total. The van der Waals surface area contributed by atoms with Gasteiger partial charge in [-0.1, -0.05) is 13.8 Å². The van der Waals surface area contributed by atoms with E-state index in [4.69, 9.17) is 0 Å². The molecule has 1 radical (unpaired) electrons. The average Bonchev–Trinajstić information content (AvgIpc) is 1.99. The molecule has 0 unspecified atom stereocenters. The van der Waals surface area contributed by atoms with Crippen molar-refractivity contribution in [2.24, 2.45) is 0 Å². The molecular weight excluding hydrogens is 136 g/mol. The van der Waals surface area contributed by atoms with Crippen LogP contribution in [0.25, 0.3) is 0 Å². The monoisotopic (exact) mass is 155 g/mol. The highest BCUT2D eigenvalue weighted by Crippen LogP contribution is 2.17. The van der Waals surface area contributed by atoms with Crippen LogP contribution in [-0.4, -0.2) is 15.5 Å². The quantitative estimate of drug-likeness (QED) is 0.406. The Morgan fingerprint density at radius 3 is 2.30 bits per heavy atom. The molecule has 0 aromatic carbocycles. The second kappa shape index (κ2) is 7.20. The van der Waals surface area contributed by atoms with Crippen molar-refractivity contribution < 1.29 is 0 Å². The van der Waals surface area contributed by atoms with Gasteiger partial charge in [0, 0.05) is 0 Å². The second-order valence-corrected chi connectivity index (χ2v) is 3.22. The van der Waals surface area contributed by atoms with E-state index in [-0.39, 0.29) is 0 Å². The van der Waals surface area contributed by atoms with Crippen LogP contribution in [0.4, 0.5) is 0 Å². The first-order valence-corrected chi connectivity index (χ1v) is 5.11. The fraction of sp³-hybridized carbons (Fsp3) is 0.778. The maximum absolute atomic E-state index is 2.28. The molecule has 0 aromatic rings. The highest BCUT2D eigenvalue weighted by Gasteiger charge is 2.01. The molecule has 0 aliphatic rings. The highest BCUT2D eigenvalue weighted by molar-refractivity contribution is 6.27. The smallest absolute Gasteiger partial charge is 0.0246 e. The highest BCUT2D eigenvalue weighted by atomic mass is 28.1. The largest absolute Gasteiger partial charge is 0.110 e. The van der Waals surface area contributed by atoms with Crippen molar-refractivity contribution in [1.29, 1.82) is 0 Å². The van der Waals surface area contributed by atoms with Gasteiger partial charge < -0.3 is 0 Å². The molecule has 59 valence electrons. The minimum Gasteiger partial charge on any atom is -0.110 e. The van der Waals surface area contributed by atoms with Crippen molar-refractivity contribution in [2.75, 3.05) is 0 Å². The van der Waals surface area contributed by atoms with Gasteiger partial charge in [0.2, 0.25) is 0 Å². The Labute approximate surface area is 68.1 Å². The molecule has 0 atom stereocenters. The lowest BCUT2D eigenvalue weighted by molar-refractivity contribution is 0.676. The summed E-state index contributed by atoms with van der Waals surface area (Å²) in [6.07, 6.45) is 6.56. The molecule has 0 rings (SSSR count). The number of hydrogen-bond donors (Lipinski definition) is 0. The van der Waals surface area contributed by atoms with Crippen LogP contribution in [0, 0.1) is 5.92 Å². The van der Waals surface area contributed by atoms with Crippen molar-refractivity contribution in [3.63, 3.8) is 0 Å². The summed E-state index contributed by atoms with van der Waals surface area (Å²) < 4.78 is 0. The Hall–Kier alpha value is 0.0869. The number of unbranched alkanes of at least 4 members (excludes halogenated alkanes) is 1. The van der Waals surface area contributed by atoms with Gasteiger partial charge in [0.25, 0.3) is 0 Å². The lowest BCUT2D eigenvalue weighted by atomic mass is 9.97. The van der Waals surface area contributed by atoms with Crippen molar-refractivity contribution in [2.45, 2.75) is 46.0 Å². The summed E-state index contributed by atoms with van der Waals surface area (Å²) in [6, 6.07) is 0. The lowest BCUT2D eigenvalue weighted by Crippen LogP contribution is -1.93. The Balaban J connectivity index is 3.16. The Morgan fingerprint density at radius 1 is 1.30 bits per heavy atom. The summed E-state index contributed by atoms with van der Waals surface area (Å²) in [7, 11) is 1.96. The van der Waals surface area contributed by atoms with Crippen molar-refractivity contribution in [3.05, 3.63) is 5.92 Å². The zero-order valence-electron chi connectivity index (χ0n) is 7.32. The van der Waals surface area contributed by atoms with Gasteiger partial charge in [0.15, 0.2) is 0 Å². The molecule has 0 bridgehead atoms. The van der Waals surface area contributed by atoms with Crippen LogP contribution in [0.2, 0.25) is 0 Å². The maximum atomic E-state index is 2.28. The normalized spacial score (nSPS) is 10.3. The van der Waals surface area contributed by atoms with Gasteiger partial charge in [-0.05, 0) is 47.9 Å². The predicted molar refractivity (Wildman–Crippen MR) is 52.3 cm³/mol. The van der Waals surface area contributed by atoms with E-state index in [0.29, 0.717) is 0 Å². The van der Waals surface area contributed by atoms with E-state index in [1.165, 1.54) is 32.1 Å². The molecule has 0 aliphatic heterocycles. The first-order chi connectivity index (χ1) is 4.85. The van der Waals surface area contributed by atoms with Gasteiger partial charge >= 0.3 is 0 Å². The first kappa shape index (κ1) is 10.1. The maximum Gasteiger partial charge on any atom is -0.0246 e. The van der Waals surface area contributed by atoms with E-state index in [0.717, 1.165) is 0 Å². The third kappa shape index (κ3) is 4.92. The Bertz CT molecular complexity index is 74.8. The molecule has 0 amide bonds. The summed E-state index contributed by atoms with van der Waals surface area (Å²) in [6.45, 7) is 4.52. The third-order valence-electron chi connectivity index (χ3n) is 1.94. The predicted octanol–water partition coefficient (Wildman–Crippen LogP) is 1.99.